The summed E-state index contributed by atoms with van der Waals surface area (Å²) in [6, 6.07) is 4.72. The molecule has 1 saturated heterocycles. The largest absolute Gasteiger partial charge is 0.379 e. The minimum atomic E-state index is -0.369. The number of allylic oxidation sites excluding steroid dienone is 1. The molecule has 2 aliphatic heterocycles. The molecule has 2 heterocycles. The summed E-state index contributed by atoms with van der Waals surface area (Å²) in [5, 5.41) is 12.9. The van der Waals surface area contributed by atoms with Gasteiger partial charge in [-0.25, -0.2) is 9.80 Å². The van der Waals surface area contributed by atoms with Gasteiger partial charge in [0.2, 0.25) is 0 Å². The van der Waals surface area contributed by atoms with Crippen LogP contribution >= 0.6 is 0 Å². The number of hydrogen-bond acceptors (Lipinski definition) is 6. The molecule has 25 heavy (non-hydrogen) atoms. The highest BCUT2D eigenvalue weighted by molar-refractivity contribution is 6.19. The molecule has 0 aromatic heterocycles. The molecular weight excluding hydrogens is 322 g/mol. The standard InChI is InChI=1S/C17H19N5O3/c1-2-11-14-15(20-19-11)10-4-3-5-12(13(10)16(14)23)18-17(24)21-22-6-8-25-9-7-22/h3-5,15H,2,6-9H2,1H3,(H2,18,21,24). The SMILES string of the molecule is CCC1=C2C(=O)c3c(NC(=O)NN4CCOCC4)cccc3C2N=N1. The molecule has 130 valence electrons. The van der Waals surface area contributed by atoms with Crippen molar-refractivity contribution in [3.8, 4) is 0 Å². The molecule has 2 amide bonds. The third-order valence-electron chi connectivity index (χ3n) is 4.60. The van der Waals surface area contributed by atoms with Crippen molar-refractivity contribution in [3.05, 3.63) is 40.6 Å². The van der Waals surface area contributed by atoms with Crippen LogP contribution in [0.1, 0.15) is 35.3 Å². The maximum Gasteiger partial charge on any atom is 0.333 e. The Labute approximate surface area is 144 Å². The molecule has 4 rings (SSSR count). The van der Waals surface area contributed by atoms with Crippen molar-refractivity contribution >= 4 is 17.5 Å². The Hall–Kier alpha value is -2.58. The molecule has 0 radical (unpaired) electrons. The van der Waals surface area contributed by atoms with Crippen molar-refractivity contribution in [2.75, 3.05) is 31.6 Å². The number of anilines is 1. The monoisotopic (exact) mass is 341 g/mol. The number of urea groups is 1. The zero-order chi connectivity index (χ0) is 17.4. The minimum Gasteiger partial charge on any atom is -0.379 e. The Kier molecular flexibility index (Phi) is 4.06. The lowest BCUT2D eigenvalue weighted by atomic mass is 10.1. The lowest BCUT2D eigenvalue weighted by molar-refractivity contribution is 0.0207. The first kappa shape index (κ1) is 15.9. The summed E-state index contributed by atoms with van der Waals surface area (Å²) in [5.74, 6) is -0.0934. The van der Waals surface area contributed by atoms with E-state index in [1.54, 1.807) is 11.1 Å². The number of nitrogens with zero attached hydrogens (tertiary/aromatic N) is 3. The van der Waals surface area contributed by atoms with Crippen LogP contribution in [-0.2, 0) is 4.74 Å². The second-order valence-corrected chi connectivity index (χ2v) is 6.10. The van der Waals surface area contributed by atoms with E-state index in [-0.39, 0.29) is 17.9 Å². The molecule has 1 atom stereocenters. The van der Waals surface area contributed by atoms with E-state index >= 15 is 0 Å². The molecule has 1 unspecified atom stereocenters. The van der Waals surface area contributed by atoms with E-state index in [2.05, 4.69) is 21.0 Å². The number of amides is 2. The molecule has 3 aliphatic rings. The van der Waals surface area contributed by atoms with E-state index < -0.39 is 0 Å². The van der Waals surface area contributed by atoms with Crippen LogP contribution in [0.15, 0.2) is 39.7 Å². The number of carbonyl (C=O) groups excluding carboxylic acids is 2. The number of ketones is 1. The molecule has 8 heteroatoms. The van der Waals surface area contributed by atoms with Gasteiger partial charge in [0.15, 0.2) is 5.78 Å². The van der Waals surface area contributed by atoms with Crippen molar-refractivity contribution in [2.24, 2.45) is 10.2 Å². The summed E-state index contributed by atoms with van der Waals surface area (Å²) in [5.41, 5.74) is 5.97. The highest BCUT2D eigenvalue weighted by atomic mass is 16.5. The quantitative estimate of drug-likeness (QED) is 0.882. The number of benzene rings is 1. The number of hydrogen-bond donors (Lipinski definition) is 2. The Morgan fingerprint density at radius 1 is 1.36 bits per heavy atom. The van der Waals surface area contributed by atoms with Gasteiger partial charge in [0.25, 0.3) is 0 Å². The number of nitrogens with one attached hydrogen (secondary N) is 2. The van der Waals surface area contributed by atoms with Gasteiger partial charge in [-0.3, -0.25) is 10.2 Å². The number of ether oxygens (including phenoxy) is 1. The second kappa shape index (κ2) is 6.38. The summed E-state index contributed by atoms with van der Waals surface area (Å²) in [7, 11) is 0. The van der Waals surface area contributed by atoms with Crippen LogP contribution in [0.3, 0.4) is 0 Å². The number of carbonyl (C=O) groups is 2. The first-order valence-corrected chi connectivity index (χ1v) is 8.41. The van der Waals surface area contributed by atoms with Crippen LogP contribution in [0.5, 0.6) is 0 Å². The van der Waals surface area contributed by atoms with Crippen molar-refractivity contribution in [2.45, 2.75) is 19.4 Å². The van der Waals surface area contributed by atoms with Crippen molar-refractivity contribution in [3.63, 3.8) is 0 Å². The molecule has 1 aromatic rings. The van der Waals surface area contributed by atoms with Gasteiger partial charge >= 0.3 is 6.03 Å². The molecular formula is C17H19N5O3. The average molecular weight is 341 g/mol. The minimum absolute atomic E-state index is 0.0934. The molecule has 2 N–H and O–H groups in total. The van der Waals surface area contributed by atoms with Crippen molar-refractivity contribution in [1.29, 1.82) is 0 Å². The predicted octanol–water partition coefficient (Wildman–Crippen LogP) is 2.42. The van der Waals surface area contributed by atoms with Crippen LogP contribution in [0.25, 0.3) is 0 Å². The van der Waals surface area contributed by atoms with Gasteiger partial charge in [0, 0.05) is 13.1 Å². The second-order valence-electron chi connectivity index (χ2n) is 6.10. The van der Waals surface area contributed by atoms with Gasteiger partial charge in [0.1, 0.15) is 6.04 Å². The van der Waals surface area contributed by atoms with Crippen LogP contribution < -0.4 is 10.7 Å². The van der Waals surface area contributed by atoms with E-state index in [4.69, 9.17) is 4.74 Å². The van der Waals surface area contributed by atoms with Crippen LogP contribution in [0, 0.1) is 0 Å². The molecule has 1 aromatic carbocycles. The highest BCUT2D eigenvalue weighted by Gasteiger charge is 2.41. The van der Waals surface area contributed by atoms with Gasteiger partial charge in [-0.15, -0.1) is 0 Å². The van der Waals surface area contributed by atoms with Crippen molar-refractivity contribution in [1.82, 2.24) is 10.4 Å². The van der Waals surface area contributed by atoms with E-state index in [0.717, 1.165) is 11.3 Å². The molecule has 0 bridgehead atoms. The van der Waals surface area contributed by atoms with E-state index in [0.29, 0.717) is 49.5 Å². The Morgan fingerprint density at radius 2 is 2.16 bits per heavy atom. The lowest BCUT2D eigenvalue weighted by Crippen LogP contribution is -2.49. The first-order chi connectivity index (χ1) is 12.2. The third-order valence-corrected chi connectivity index (χ3v) is 4.60. The van der Waals surface area contributed by atoms with Gasteiger partial charge in [-0.2, -0.15) is 10.2 Å². The molecule has 1 fully saturated rings. The fourth-order valence-corrected chi connectivity index (χ4v) is 3.39. The first-order valence-electron chi connectivity index (χ1n) is 8.41. The Balaban J connectivity index is 1.57. The summed E-state index contributed by atoms with van der Waals surface area (Å²) in [6.45, 7) is 4.39. The number of morpholine rings is 1. The van der Waals surface area contributed by atoms with Gasteiger partial charge in [-0.1, -0.05) is 19.1 Å². The summed E-state index contributed by atoms with van der Waals surface area (Å²) in [4.78, 5) is 25.1. The maximum absolute atomic E-state index is 12.9. The fourth-order valence-electron chi connectivity index (χ4n) is 3.39. The zero-order valence-corrected chi connectivity index (χ0v) is 13.9. The van der Waals surface area contributed by atoms with Gasteiger partial charge in [-0.05, 0) is 18.1 Å². The number of Topliss-reactive ketones (excluding diaryl/α,β-unsaturated/α-hetero) is 1. The predicted molar refractivity (Wildman–Crippen MR) is 90.2 cm³/mol. The highest BCUT2D eigenvalue weighted by Crippen LogP contribution is 2.47. The van der Waals surface area contributed by atoms with Crippen LogP contribution in [-0.4, -0.2) is 43.1 Å². The summed E-state index contributed by atoms with van der Waals surface area (Å²) in [6.07, 6.45) is 0.662. The fraction of sp³-hybridized carbons (Fsp3) is 0.412. The summed E-state index contributed by atoms with van der Waals surface area (Å²) < 4.78 is 5.25. The molecule has 0 spiro atoms. The third kappa shape index (κ3) is 2.73. The molecule has 8 nitrogen and oxygen atoms in total. The average Bonchev–Trinajstić information content (AvgIpc) is 3.16. The van der Waals surface area contributed by atoms with Crippen molar-refractivity contribution < 1.29 is 14.3 Å². The number of fused-ring (bicyclic) bond motifs is 3. The molecule has 0 saturated carbocycles. The Bertz CT molecular complexity index is 795. The van der Waals surface area contributed by atoms with Gasteiger partial charge < -0.3 is 10.1 Å². The normalized spacial score (nSPS) is 22.1. The van der Waals surface area contributed by atoms with Crippen LogP contribution in [0.2, 0.25) is 0 Å². The number of hydrazine groups is 1. The number of azo groups is 1. The topological polar surface area (TPSA) is 95.4 Å². The lowest BCUT2D eigenvalue weighted by Gasteiger charge is -2.27. The van der Waals surface area contributed by atoms with E-state index in [1.807, 2.05) is 19.1 Å². The van der Waals surface area contributed by atoms with E-state index in [9.17, 15) is 9.59 Å². The Morgan fingerprint density at radius 3 is 2.92 bits per heavy atom. The smallest absolute Gasteiger partial charge is 0.333 e. The maximum atomic E-state index is 12.9. The van der Waals surface area contributed by atoms with E-state index in [1.165, 1.54) is 0 Å². The molecule has 1 aliphatic carbocycles. The number of rotatable bonds is 3. The van der Waals surface area contributed by atoms with Gasteiger partial charge in [0.05, 0.1) is 35.7 Å². The van der Waals surface area contributed by atoms with Crippen LogP contribution in [0.4, 0.5) is 10.5 Å². The summed E-state index contributed by atoms with van der Waals surface area (Å²) >= 11 is 0. The zero-order valence-electron chi connectivity index (χ0n) is 13.9.